The zero-order valence-corrected chi connectivity index (χ0v) is 19.7. The van der Waals surface area contributed by atoms with Crippen molar-refractivity contribution in [1.82, 2.24) is 14.9 Å². The Morgan fingerprint density at radius 2 is 1.79 bits per heavy atom. The molecule has 0 saturated carbocycles. The molecule has 9 nitrogen and oxygen atoms in total. The van der Waals surface area contributed by atoms with E-state index >= 15 is 0 Å². The van der Waals surface area contributed by atoms with E-state index in [2.05, 4.69) is 20.0 Å². The van der Waals surface area contributed by atoms with Crippen molar-refractivity contribution in [1.29, 1.82) is 5.41 Å². The lowest BCUT2D eigenvalue weighted by atomic mass is 10.1. The second-order valence-corrected chi connectivity index (χ2v) is 9.42. The summed E-state index contributed by atoms with van der Waals surface area (Å²) in [6.07, 6.45) is 0. The van der Waals surface area contributed by atoms with Gasteiger partial charge >= 0.3 is 0 Å². The Balaban J connectivity index is 1.88. The van der Waals surface area contributed by atoms with Gasteiger partial charge < -0.3 is 21.4 Å². The molecule has 0 spiro atoms. The molecule has 5 N–H and O–H groups in total. The van der Waals surface area contributed by atoms with E-state index in [-0.39, 0.29) is 23.0 Å². The standard InChI is InChI=1S/C22H25F2N7O2S/c1-13(25)19-20(26)28-21(29-22(19)27-10-11-31(2)3)14-4-7-16(8-5-14)30-34(32,33)18-12-15(23)6-9-17(18)24/h4-9,12,25,30H,10-11H2,1-3H3,(H3,26,27,28,29). The SMILES string of the molecule is CC(=N)c1c(N)nc(-c2ccc(NS(=O)(=O)c3cc(F)ccc3F)cc2)nc1NCCN(C)C. The minimum Gasteiger partial charge on any atom is -0.383 e. The minimum absolute atomic E-state index is 0.135. The Labute approximate surface area is 196 Å². The van der Waals surface area contributed by atoms with E-state index in [0.717, 1.165) is 18.7 Å². The van der Waals surface area contributed by atoms with Crippen molar-refractivity contribution in [2.24, 2.45) is 0 Å². The number of halogens is 2. The molecule has 34 heavy (non-hydrogen) atoms. The molecule has 0 fully saturated rings. The molecule has 0 amide bonds. The first kappa shape index (κ1) is 25.0. The fourth-order valence-corrected chi connectivity index (χ4v) is 4.23. The van der Waals surface area contributed by atoms with Crippen molar-refractivity contribution >= 4 is 33.1 Å². The van der Waals surface area contributed by atoms with E-state index in [1.165, 1.54) is 12.1 Å². The van der Waals surface area contributed by atoms with Crippen LogP contribution in [0.15, 0.2) is 47.4 Å². The van der Waals surface area contributed by atoms with Gasteiger partial charge in [0.15, 0.2) is 5.82 Å². The number of nitrogens with two attached hydrogens (primary N) is 1. The third-order valence-corrected chi connectivity index (χ3v) is 6.14. The molecule has 0 radical (unpaired) electrons. The molecule has 3 aromatic rings. The Morgan fingerprint density at radius 1 is 1.12 bits per heavy atom. The number of anilines is 3. The highest BCUT2D eigenvalue weighted by molar-refractivity contribution is 7.92. The van der Waals surface area contributed by atoms with Gasteiger partial charge in [0.1, 0.15) is 28.2 Å². The summed E-state index contributed by atoms with van der Waals surface area (Å²) in [7, 11) is -0.477. The molecule has 1 heterocycles. The molecule has 180 valence electrons. The van der Waals surface area contributed by atoms with Crippen LogP contribution in [0, 0.1) is 17.0 Å². The Bertz CT molecular complexity index is 1310. The predicted molar refractivity (Wildman–Crippen MR) is 129 cm³/mol. The normalized spacial score (nSPS) is 11.5. The fourth-order valence-electron chi connectivity index (χ4n) is 3.08. The molecular formula is C22H25F2N7O2S. The number of nitrogen functional groups attached to an aromatic ring is 1. The van der Waals surface area contributed by atoms with E-state index in [0.29, 0.717) is 29.6 Å². The molecule has 0 aliphatic carbocycles. The molecule has 0 saturated heterocycles. The lowest BCUT2D eigenvalue weighted by molar-refractivity contribution is 0.425. The highest BCUT2D eigenvalue weighted by Crippen LogP contribution is 2.26. The van der Waals surface area contributed by atoms with Gasteiger partial charge in [0.05, 0.1) is 5.56 Å². The number of hydrogen-bond donors (Lipinski definition) is 4. The summed E-state index contributed by atoms with van der Waals surface area (Å²) in [5.41, 5.74) is 7.39. The van der Waals surface area contributed by atoms with Gasteiger partial charge in [-0.3, -0.25) is 4.72 Å². The molecule has 2 aromatic carbocycles. The minimum atomic E-state index is -4.34. The molecule has 1 aromatic heterocycles. The summed E-state index contributed by atoms with van der Waals surface area (Å²) < 4.78 is 54.5. The number of likely N-dealkylation sites (N-methyl/N-ethyl adjacent to an activating group) is 1. The van der Waals surface area contributed by atoms with Crippen LogP contribution in [0.2, 0.25) is 0 Å². The number of hydrogen-bond acceptors (Lipinski definition) is 8. The van der Waals surface area contributed by atoms with Gasteiger partial charge in [0, 0.05) is 30.1 Å². The van der Waals surface area contributed by atoms with Crippen LogP contribution in [-0.4, -0.2) is 56.2 Å². The Morgan fingerprint density at radius 3 is 2.41 bits per heavy atom. The lowest BCUT2D eigenvalue weighted by Crippen LogP contribution is -2.22. The maximum absolute atomic E-state index is 13.9. The van der Waals surface area contributed by atoms with E-state index in [4.69, 9.17) is 11.1 Å². The summed E-state index contributed by atoms with van der Waals surface area (Å²) in [4.78, 5) is 9.99. The zero-order chi connectivity index (χ0) is 25.0. The van der Waals surface area contributed by atoms with Gasteiger partial charge in [-0.25, -0.2) is 27.2 Å². The molecule has 0 aliphatic rings. The largest absolute Gasteiger partial charge is 0.383 e. The maximum Gasteiger partial charge on any atom is 0.264 e. The lowest BCUT2D eigenvalue weighted by Gasteiger charge is -2.16. The number of nitrogens with zero attached hydrogens (tertiary/aromatic N) is 3. The first-order chi connectivity index (χ1) is 16.0. The zero-order valence-electron chi connectivity index (χ0n) is 18.9. The van der Waals surface area contributed by atoms with Crippen LogP contribution in [0.25, 0.3) is 11.4 Å². The molecule has 0 atom stereocenters. The number of sulfonamides is 1. The Kier molecular flexibility index (Phi) is 7.42. The average Bonchev–Trinajstić information content (AvgIpc) is 2.74. The molecule has 0 bridgehead atoms. The topological polar surface area (TPSA) is 137 Å². The average molecular weight is 490 g/mol. The summed E-state index contributed by atoms with van der Waals surface area (Å²) in [5, 5.41) is 11.2. The van der Waals surface area contributed by atoms with Gasteiger partial charge in [-0.2, -0.15) is 0 Å². The fraction of sp³-hybridized carbons (Fsp3) is 0.227. The summed E-state index contributed by atoms with van der Waals surface area (Å²) in [5.74, 6) is -1.10. The smallest absolute Gasteiger partial charge is 0.264 e. The van der Waals surface area contributed by atoms with Crippen LogP contribution in [0.5, 0.6) is 0 Å². The van der Waals surface area contributed by atoms with E-state index < -0.39 is 26.6 Å². The summed E-state index contributed by atoms with van der Waals surface area (Å²) >= 11 is 0. The highest BCUT2D eigenvalue weighted by atomic mass is 32.2. The van der Waals surface area contributed by atoms with Gasteiger partial charge in [0.25, 0.3) is 10.0 Å². The van der Waals surface area contributed by atoms with Crippen molar-refractivity contribution in [3.05, 3.63) is 59.7 Å². The first-order valence-corrected chi connectivity index (χ1v) is 11.7. The third-order valence-electron chi connectivity index (χ3n) is 4.74. The quantitative estimate of drug-likeness (QED) is 0.339. The highest BCUT2D eigenvalue weighted by Gasteiger charge is 2.20. The van der Waals surface area contributed by atoms with Crippen LogP contribution in [0.1, 0.15) is 12.5 Å². The third kappa shape index (κ3) is 5.83. The van der Waals surface area contributed by atoms with Crippen molar-refractivity contribution in [2.75, 3.05) is 43.0 Å². The second kappa shape index (κ2) is 10.1. The molecule has 0 aliphatic heterocycles. The van der Waals surface area contributed by atoms with Crippen molar-refractivity contribution in [2.45, 2.75) is 11.8 Å². The van der Waals surface area contributed by atoms with Gasteiger partial charge in [-0.05, 0) is 63.5 Å². The predicted octanol–water partition coefficient (Wildman–Crippen LogP) is 3.17. The van der Waals surface area contributed by atoms with Gasteiger partial charge in [-0.15, -0.1) is 0 Å². The monoisotopic (exact) mass is 489 g/mol. The molecule has 12 heteroatoms. The summed E-state index contributed by atoms with van der Waals surface area (Å²) in [6.45, 7) is 2.89. The number of aromatic nitrogens is 2. The van der Waals surface area contributed by atoms with Crippen molar-refractivity contribution < 1.29 is 17.2 Å². The molecule has 0 unspecified atom stereocenters. The Hall–Kier alpha value is -3.64. The van der Waals surface area contributed by atoms with E-state index in [1.54, 1.807) is 19.1 Å². The van der Waals surface area contributed by atoms with Crippen LogP contribution in [0.3, 0.4) is 0 Å². The summed E-state index contributed by atoms with van der Waals surface area (Å²) in [6, 6.07) is 8.21. The number of benzene rings is 2. The van der Waals surface area contributed by atoms with Crippen LogP contribution < -0.4 is 15.8 Å². The number of rotatable bonds is 9. The van der Waals surface area contributed by atoms with Crippen LogP contribution in [-0.2, 0) is 10.0 Å². The van der Waals surface area contributed by atoms with Crippen molar-refractivity contribution in [3.8, 4) is 11.4 Å². The van der Waals surface area contributed by atoms with Crippen LogP contribution in [0.4, 0.5) is 26.1 Å². The first-order valence-electron chi connectivity index (χ1n) is 10.2. The van der Waals surface area contributed by atoms with Crippen LogP contribution >= 0.6 is 0 Å². The second-order valence-electron chi connectivity index (χ2n) is 7.77. The maximum atomic E-state index is 13.9. The van der Waals surface area contributed by atoms with Gasteiger partial charge in [-0.1, -0.05) is 0 Å². The van der Waals surface area contributed by atoms with E-state index in [1.807, 2.05) is 19.0 Å². The molecular weight excluding hydrogens is 464 g/mol. The van der Waals surface area contributed by atoms with E-state index in [9.17, 15) is 17.2 Å². The number of nitrogens with one attached hydrogen (secondary N) is 3. The molecule has 3 rings (SSSR count). The van der Waals surface area contributed by atoms with Crippen molar-refractivity contribution in [3.63, 3.8) is 0 Å². The van der Waals surface area contributed by atoms with Gasteiger partial charge in [0.2, 0.25) is 0 Å².